The van der Waals surface area contributed by atoms with Gasteiger partial charge in [-0.2, -0.15) is 4.99 Å². The summed E-state index contributed by atoms with van der Waals surface area (Å²) in [5.41, 5.74) is 3.42. The van der Waals surface area contributed by atoms with Crippen molar-refractivity contribution in [2.45, 2.75) is 19.3 Å². The van der Waals surface area contributed by atoms with Crippen molar-refractivity contribution in [3.63, 3.8) is 0 Å². The Morgan fingerprint density at radius 3 is 2.16 bits per heavy atom. The normalized spacial score (nSPS) is 24.0. The first kappa shape index (κ1) is 20.9. The number of amides is 1. The minimum absolute atomic E-state index is 0.295. The Labute approximate surface area is 193 Å². The fourth-order valence-electron chi connectivity index (χ4n) is 4.62. The third-order valence-electron chi connectivity index (χ3n) is 6.12. The van der Waals surface area contributed by atoms with Crippen molar-refractivity contribution in [1.82, 2.24) is 0 Å². The van der Waals surface area contributed by atoms with Gasteiger partial charge in [-0.05, 0) is 35.6 Å². The molecule has 0 fully saturated rings. The zero-order valence-corrected chi connectivity index (χ0v) is 19.9. The van der Waals surface area contributed by atoms with Gasteiger partial charge in [-0.3, -0.25) is 4.79 Å². The Balaban J connectivity index is 1.80. The van der Waals surface area contributed by atoms with Gasteiger partial charge in [0.15, 0.2) is 6.26 Å². The van der Waals surface area contributed by atoms with Crippen LogP contribution in [0.3, 0.4) is 0 Å². The summed E-state index contributed by atoms with van der Waals surface area (Å²) in [5.74, 6) is -0.0203. The molecule has 0 saturated carbocycles. The summed E-state index contributed by atoms with van der Waals surface area (Å²) in [6, 6.07) is 27.4. The third kappa shape index (κ3) is 3.08. The SMILES string of the molecule is CN1/C(=C2/C(=O)N=C(c3ccccc3)OP2(=S)c2ccccc2)C(C)(C)c2ccccc21. The number of anilines is 1. The monoisotopic (exact) mass is 458 g/mol. The number of hydrogen-bond donors (Lipinski definition) is 0. The highest BCUT2D eigenvalue weighted by atomic mass is 32.4. The molecule has 1 amide bonds. The number of benzene rings is 3. The maximum atomic E-state index is 13.7. The van der Waals surface area contributed by atoms with E-state index in [-0.39, 0.29) is 5.91 Å². The van der Waals surface area contributed by atoms with Gasteiger partial charge in [-0.1, -0.05) is 80.6 Å². The molecular formula is C26H23N2O2PS. The van der Waals surface area contributed by atoms with Gasteiger partial charge in [0.05, 0.1) is 0 Å². The smallest absolute Gasteiger partial charge is 0.286 e. The fourth-order valence-corrected chi connectivity index (χ4v) is 8.11. The van der Waals surface area contributed by atoms with Gasteiger partial charge in [-0.25, -0.2) is 0 Å². The predicted molar refractivity (Wildman–Crippen MR) is 134 cm³/mol. The van der Waals surface area contributed by atoms with E-state index < -0.39 is 11.7 Å². The maximum Gasteiger partial charge on any atom is 0.286 e. The van der Waals surface area contributed by atoms with Crippen LogP contribution < -0.4 is 10.2 Å². The molecule has 160 valence electrons. The number of aliphatic imine (C=N–C) groups is 1. The van der Waals surface area contributed by atoms with Crippen LogP contribution in [-0.2, 0) is 26.5 Å². The molecule has 1 atom stereocenters. The van der Waals surface area contributed by atoms with Gasteiger partial charge in [-0.15, -0.1) is 0 Å². The highest BCUT2D eigenvalue weighted by molar-refractivity contribution is 8.18. The van der Waals surface area contributed by atoms with E-state index in [4.69, 9.17) is 16.3 Å². The molecule has 0 bridgehead atoms. The van der Waals surface area contributed by atoms with E-state index in [0.717, 1.165) is 27.8 Å². The molecule has 5 rings (SSSR count). The van der Waals surface area contributed by atoms with Crippen molar-refractivity contribution in [2.75, 3.05) is 11.9 Å². The minimum Gasteiger partial charge on any atom is -0.439 e. The molecular weight excluding hydrogens is 435 g/mol. The van der Waals surface area contributed by atoms with E-state index in [9.17, 15) is 4.79 Å². The molecule has 3 aromatic rings. The third-order valence-corrected chi connectivity index (χ3v) is 9.93. The van der Waals surface area contributed by atoms with Crippen LogP contribution in [0.2, 0.25) is 0 Å². The molecule has 1 unspecified atom stereocenters. The number of hydrogen-bond acceptors (Lipinski definition) is 4. The number of nitrogens with zero attached hydrogens (tertiary/aromatic N) is 2. The van der Waals surface area contributed by atoms with Gasteiger partial charge in [0.1, 0.15) is 5.31 Å². The second-order valence-electron chi connectivity index (χ2n) is 8.46. The van der Waals surface area contributed by atoms with Gasteiger partial charge in [0.2, 0.25) is 5.90 Å². The van der Waals surface area contributed by atoms with Gasteiger partial charge < -0.3 is 9.42 Å². The van der Waals surface area contributed by atoms with Crippen molar-refractivity contribution in [3.05, 3.63) is 107 Å². The molecule has 0 saturated heterocycles. The highest BCUT2D eigenvalue weighted by Crippen LogP contribution is 2.62. The Bertz CT molecular complexity index is 1330. The first-order valence-electron chi connectivity index (χ1n) is 10.5. The summed E-state index contributed by atoms with van der Waals surface area (Å²) < 4.78 is 6.55. The first-order chi connectivity index (χ1) is 15.3. The number of para-hydroxylation sites is 1. The lowest BCUT2D eigenvalue weighted by Crippen LogP contribution is -2.31. The highest BCUT2D eigenvalue weighted by Gasteiger charge is 2.48. The van der Waals surface area contributed by atoms with E-state index >= 15 is 0 Å². The quantitative estimate of drug-likeness (QED) is 0.384. The number of carbonyl (C=O) groups excluding carboxylic acids is 1. The molecule has 2 aliphatic rings. The molecule has 3 aromatic carbocycles. The number of likely N-dealkylation sites (N-methyl/N-ethyl adjacent to an activating group) is 1. The molecule has 32 heavy (non-hydrogen) atoms. The number of allylic oxidation sites excluding steroid dienone is 1. The van der Waals surface area contributed by atoms with E-state index in [2.05, 4.69) is 35.9 Å². The van der Waals surface area contributed by atoms with Crippen LogP contribution >= 0.6 is 6.26 Å². The van der Waals surface area contributed by atoms with Crippen LogP contribution in [0.25, 0.3) is 0 Å². The van der Waals surface area contributed by atoms with Crippen molar-refractivity contribution >= 4 is 40.9 Å². The largest absolute Gasteiger partial charge is 0.439 e. The summed E-state index contributed by atoms with van der Waals surface area (Å²) in [5, 5.41) is 1.34. The number of carbonyl (C=O) groups is 1. The average Bonchev–Trinajstić information content (AvgIpc) is 3.01. The second-order valence-corrected chi connectivity index (χ2v) is 12.3. The Hall–Kier alpha value is -3.01. The van der Waals surface area contributed by atoms with Crippen LogP contribution in [0.5, 0.6) is 0 Å². The zero-order valence-electron chi connectivity index (χ0n) is 18.1. The van der Waals surface area contributed by atoms with E-state index in [1.807, 2.05) is 79.8 Å². The van der Waals surface area contributed by atoms with Crippen LogP contribution in [0.15, 0.2) is 101 Å². The molecule has 0 aromatic heterocycles. The van der Waals surface area contributed by atoms with E-state index in [1.54, 1.807) is 0 Å². The van der Waals surface area contributed by atoms with E-state index in [1.165, 1.54) is 0 Å². The topological polar surface area (TPSA) is 41.9 Å². The van der Waals surface area contributed by atoms with Gasteiger partial charge in [0, 0.05) is 34.7 Å². The van der Waals surface area contributed by atoms with Crippen LogP contribution in [0, 0.1) is 0 Å². The summed E-state index contributed by atoms with van der Waals surface area (Å²) in [7, 11) is 1.99. The number of rotatable bonds is 2. The summed E-state index contributed by atoms with van der Waals surface area (Å²) >= 11 is 6.30. The lowest BCUT2D eigenvalue weighted by Gasteiger charge is -2.34. The van der Waals surface area contributed by atoms with Crippen LogP contribution in [0.4, 0.5) is 5.69 Å². The lowest BCUT2D eigenvalue weighted by atomic mass is 9.83. The molecule has 0 radical (unpaired) electrons. The molecule has 0 spiro atoms. The molecule has 6 heteroatoms. The van der Waals surface area contributed by atoms with Gasteiger partial charge in [0.25, 0.3) is 5.91 Å². The minimum atomic E-state index is -2.96. The average molecular weight is 459 g/mol. The van der Waals surface area contributed by atoms with E-state index in [0.29, 0.717) is 11.2 Å². The van der Waals surface area contributed by atoms with Crippen molar-refractivity contribution in [2.24, 2.45) is 4.99 Å². The fraction of sp³-hybridized carbons (Fsp3) is 0.154. The van der Waals surface area contributed by atoms with Crippen LogP contribution in [-0.4, -0.2) is 18.9 Å². The van der Waals surface area contributed by atoms with Crippen molar-refractivity contribution in [3.8, 4) is 0 Å². The summed E-state index contributed by atoms with van der Waals surface area (Å²) in [4.78, 5) is 20.2. The second kappa shape index (κ2) is 7.54. The predicted octanol–water partition coefficient (Wildman–Crippen LogP) is 5.35. The molecule has 4 nitrogen and oxygen atoms in total. The Morgan fingerprint density at radius 1 is 0.906 bits per heavy atom. The van der Waals surface area contributed by atoms with Crippen LogP contribution in [0.1, 0.15) is 25.0 Å². The standard InChI is InChI=1S/C26H23N2O2PS/c1-26(2)20-16-10-11-17-21(20)28(3)23(26)22-24(29)27-25(18-12-6-4-7-13-18)30-31(22,32)19-14-8-5-9-15-19/h4-17H,1-3H3/b23-22-. The van der Waals surface area contributed by atoms with Crippen molar-refractivity contribution < 1.29 is 9.32 Å². The maximum absolute atomic E-state index is 13.7. The molecule has 2 aliphatic heterocycles. The molecule has 2 heterocycles. The Kier molecular flexibility index (Phi) is 4.92. The van der Waals surface area contributed by atoms with Crippen molar-refractivity contribution in [1.29, 1.82) is 0 Å². The molecule has 0 aliphatic carbocycles. The number of fused-ring (bicyclic) bond motifs is 1. The summed E-state index contributed by atoms with van der Waals surface area (Å²) in [6.45, 7) is 4.26. The zero-order chi connectivity index (χ0) is 22.5. The summed E-state index contributed by atoms with van der Waals surface area (Å²) in [6.07, 6.45) is -2.96. The Morgan fingerprint density at radius 2 is 1.50 bits per heavy atom. The first-order valence-corrected chi connectivity index (χ1v) is 13.2. The molecule has 0 N–H and O–H groups in total. The van der Waals surface area contributed by atoms with Gasteiger partial charge >= 0.3 is 0 Å². The lowest BCUT2D eigenvalue weighted by molar-refractivity contribution is -0.114.